The maximum absolute atomic E-state index is 12.0. The number of H-pyrrole nitrogens is 1. The van der Waals surface area contributed by atoms with Gasteiger partial charge in [-0.1, -0.05) is 23.7 Å². The first-order chi connectivity index (χ1) is 11.6. The Bertz CT molecular complexity index is 843. The minimum Gasteiger partial charge on any atom is -0.484 e. The van der Waals surface area contributed by atoms with Crippen LogP contribution in [0.3, 0.4) is 0 Å². The first-order valence-electron chi connectivity index (χ1n) is 7.41. The lowest BCUT2D eigenvalue weighted by Crippen LogP contribution is -2.20. The summed E-state index contributed by atoms with van der Waals surface area (Å²) in [5.41, 5.74) is 3.44. The Morgan fingerprint density at radius 1 is 1.21 bits per heavy atom. The van der Waals surface area contributed by atoms with E-state index < -0.39 is 0 Å². The van der Waals surface area contributed by atoms with Crippen LogP contribution in [0, 0.1) is 6.92 Å². The monoisotopic (exact) mass is 341 g/mol. The zero-order valence-corrected chi connectivity index (χ0v) is 13.8. The normalized spacial score (nSPS) is 10.4. The van der Waals surface area contributed by atoms with E-state index >= 15 is 0 Å². The maximum atomic E-state index is 12.0. The largest absolute Gasteiger partial charge is 0.484 e. The second-order valence-electron chi connectivity index (χ2n) is 5.31. The van der Waals surface area contributed by atoms with E-state index in [1.165, 1.54) is 0 Å². The molecule has 0 aliphatic heterocycles. The number of carbonyl (C=O) groups excluding carboxylic acids is 1. The van der Waals surface area contributed by atoms with Gasteiger partial charge in [-0.05, 0) is 49.4 Å². The molecule has 6 heteroatoms. The molecule has 1 heterocycles. The number of aryl methyl sites for hydroxylation is 1. The van der Waals surface area contributed by atoms with Gasteiger partial charge in [-0.25, -0.2) is 0 Å². The lowest BCUT2D eigenvalue weighted by atomic mass is 10.1. The highest BCUT2D eigenvalue weighted by molar-refractivity contribution is 6.30. The van der Waals surface area contributed by atoms with Crippen LogP contribution < -0.4 is 10.1 Å². The number of amides is 1. The number of aromatic nitrogens is 2. The Morgan fingerprint density at radius 3 is 2.71 bits per heavy atom. The van der Waals surface area contributed by atoms with Gasteiger partial charge < -0.3 is 10.1 Å². The Labute approximate surface area is 144 Å². The summed E-state index contributed by atoms with van der Waals surface area (Å²) >= 11 is 5.81. The molecule has 1 aromatic heterocycles. The molecule has 2 aromatic carbocycles. The minimum atomic E-state index is -0.236. The average molecular weight is 342 g/mol. The molecule has 0 atom stereocenters. The summed E-state index contributed by atoms with van der Waals surface area (Å²) in [6.45, 7) is 1.86. The fourth-order valence-electron chi connectivity index (χ4n) is 2.20. The van der Waals surface area contributed by atoms with Crippen molar-refractivity contribution in [3.63, 3.8) is 0 Å². The number of hydrogen-bond acceptors (Lipinski definition) is 3. The predicted octanol–water partition coefficient (Wildman–Crippen LogP) is 4.06. The molecule has 3 aromatic rings. The second kappa shape index (κ2) is 7.19. The highest BCUT2D eigenvalue weighted by Crippen LogP contribution is 2.21. The summed E-state index contributed by atoms with van der Waals surface area (Å²) < 4.78 is 5.43. The highest BCUT2D eigenvalue weighted by atomic mass is 35.5. The Morgan fingerprint density at radius 2 is 2.00 bits per heavy atom. The van der Waals surface area contributed by atoms with Gasteiger partial charge in [0.1, 0.15) is 5.75 Å². The van der Waals surface area contributed by atoms with Crippen LogP contribution >= 0.6 is 11.6 Å². The van der Waals surface area contributed by atoms with Crippen molar-refractivity contribution in [1.29, 1.82) is 0 Å². The standard InChI is InChI=1S/C18H16ClN3O2/c1-12-9-17(22-21-12)13-3-2-4-15(10-13)20-18(23)11-24-16-7-5-14(19)6-8-16/h2-10H,11H2,1H3,(H,20,23)(H,21,22). The van der Waals surface area contributed by atoms with E-state index in [9.17, 15) is 4.79 Å². The molecular weight excluding hydrogens is 326 g/mol. The fraction of sp³-hybridized carbons (Fsp3) is 0.111. The molecule has 0 radical (unpaired) electrons. The molecule has 0 bridgehead atoms. The van der Waals surface area contributed by atoms with Crippen LogP contribution in [-0.2, 0) is 4.79 Å². The molecule has 0 aliphatic rings. The van der Waals surface area contributed by atoms with Crippen molar-refractivity contribution < 1.29 is 9.53 Å². The molecule has 0 saturated carbocycles. The van der Waals surface area contributed by atoms with Crippen molar-refractivity contribution in [2.45, 2.75) is 6.92 Å². The van der Waals surface area contributed by atoms with Crippen molar-refractivity contribution in [1.82, 2.24) is 10.2 Å². The number of ether oxygens (including phenoxy) is 1. The van der Waals surface area contributed by atoms with Crippen LogP contribution in [0.2, 0.25) is 5.02 Å². The van der Waals surface area contributed by atoms with Gasteiger partial charge in [0.2, 0.25) is 0 Å². The van der Waals surface area contributed by atoms with Crippen LogP contribution in [0.5, 0.6) is 5.75 Å². The molecule has 3 rings (SSSR count). The van der Waals surface area contributed by atoms with Crippen molar-refractivity contribution >= 4 is 23.2 Å². The van der Waals surface area contributed by atoms with Gasteiger partial charge >= 0.3 is 0 Å². The Hall–Kier alpha value is -2.79. The molecule has 0 aliphatic carbocycles. The molecule has 24 heavy (non-hydrogen) atoms. The first-order valence-corrected chi connectivity index (χ1v) is 7.78. The van der Waals surface area contributed by atoms with E-state index in [4.69, 9.17) is 16.3 Å². The summed E-state index contributed by atoms with van der Waals surface area (Å²) in [6, 6.07) is 16.3. The molecule has 0 unspecified atom stereocenters. The van der Waals surface area contributed by atoms with Crippen LogP contribution in [0.15, 0.2) is 54.6 Å². The number of anilines is 1. The molecular formula is C18H16ClN3O2. The van der Waals surface area contributed by atoms with E-state index in [0.717, 1.165) is 17.0 Å². The third-order valence-corrected chi connectivity index (χ3v) is 3.58. The van der Waals surface area contributed by atoms with Gasteiger partial charge in [-0.15, -0.1) is 0 Å². The predicted molar refractivity (Wildman–Crippen MR) is 94.3 cm³/mol. The fourth-order valence-corrected chi connectivity index (χ4v) is 2.32. The minimum absolute atomic E-state index is 0.0760. The summed E-state index contributed by atoms with van der Waals surface area (Å²) in [5, 5.41) is 10.6. The topological polar surface area (TPSA) is 67.0 Å². The van der Waals surface area contributed by atoms with E-state index in [2.05, 4.69) is 15.5 Å². The van der Waals surface area contributed by atoms with E-state index in [-0.39, 0.29) is 12.5 Å². The molecule has 122 valence electrons. The van der Waals surface area contributed by atoms with Gasteiger partial charge in [0.15, 0.2) is 6.61 Å². The van der Waals surface area contributed by atoms with Crippen LogP contribution in [0.25, 0.3) is 11.3 Å². The number of carbonyl (C=O) groups is 1. The smallest absolute Gasteiger partial charge is 0.262 e. The summed E-state index contributed by atoms with van der Waals surface area (Å²) in [6.07, 6.45) is 0. The average Bonchev–Trinajstić information content (AvgIpc) is 3.01. The van der Waals surface area contributed by atoms with Gasteiger partial charge in [0.25, 0.3) is 5.91 Å². The van der Waals surface area contributed by atoms with Crippen LogP contribution in [0.4, 0.5) is 5.69 Å². The number of halogens is 1. The Kier molecular flexibility index (Phi) is 4.82. The molecule has 5 nitrogen and oxygen atoms in total. The van der Waals surface area contributed by atoms with Crippen molar-refractivity contribution in [3.8, 4) is 17.0 Å². The molecule has 0 fully saturated rings. The number of hydrogen-bond donors (Lipinski definition) is 2. The van der Waals surface area contributed by atoms with Gasteiger partial charge in [-0.2, -0.15) is 5.10 Å². The third-order valence-electron chi connectivity index (χ3n) is 3.33. The molecule has 0 saturated heterocycles. The highest BCUT2D eigenvalue weighted by Gasteiger charge is 2.07. The zero-order valence-electron chi connectivity index (χ0n) is 13.0. The second-order valence-corrected chi connectivity index (χ2v) is 5.74. The maximum Gasteiger partial charge on any atom is 0.262 e. The number of aromatic amines is 1. The quantitative estimate of drug-likeness (QED) is 0.735. The number of rotatable bonds is 5. The van der Waals surface area contributed by atoms with Crippen molar-refractivity contribution in [2.75, 3.05) is 11.9 Å². The van der Waals surface area contributed by atoms with E-state index in [0.29, 0.717) is 16.5 Å². The van der Waals surface area contributed by atoms with Gasteiger partial charge in [0, 0.05) is 22.0 Å². The lowest BCUT2D eigenvalue weighted by Gasteiger charge is -2.08. The third kappa shape index (κ3) is 4.14. The molecule has 2 N–H and O–H groups in total. The van der Waals surface area contributed by atoms with Gasteiger partial charge in [-0.3, -0.25) is 9.89 Å². The van der Waals surface area contributed by atoms with Crippen LogP contribution in [0.1, 0.15) is 5.69 Å². The summed E-state index contributed by atoms with van der Waals surface area (Å²) in [5.74, 6) is 0.357. The van der Waals surface area contributed by atoms with E-state index in [1.807, 2.05) is 37.3 Å². The van der Waals surface area contributed by atoms with Crippen molar-refractivity contribution in [2.24, 2.45) is 0 Å². The number of nitrogens with one attached hydrogen (secondary N) is 2. The first kappa shape index (κ1) is 16.1. The lowest BCUT2D eigenvalue weighted by molar-refractivity contribution is -0.118. The number of benzene rings is 2. The Balaban J connectivity index is 1.61. The number of nitrogens with zero attached hydrogens (tertiary/aromatic N) is 1. The van der Waals surface area contributed by atoms with Crippen molar-refractivity contribution in [3.05, 3.63) is 65.3 Å². The SMILES string of the molecule is Cc1cc(-c2cccc(NC(=O)COc3ccc(Cl)cc3)c2)n[nH]1. The summed E-state index contributed by atoms with van der Waals surface area (Å²) in [7, 11) is 0. The van der Waals surface area contributed by atoms with Gasteiger partial charge in [0.05, 0.1) is 5.69 Å². The van der Waals surface area contributed by atoms with Crippen LogP contribution in [-0.4, -0.2) is 22.7 Å². The van der Waals surface area contributed by atoms with E-state index in [1.54, 1.807) is 24.3 Å². The molecule has 0 spiro atoms. The zero-order chi connectivity index (χ0) is 16.9. The summed E-state index contributed by atoms with van der Waals surface area (Å²) in [4.78, 5) is 12.0. The molecule has 1 amide bonds.